The molecule has 4 heterocycles. The van der Waals surface area contributed by atoms with Crippen LogP contribution in [0.15, 0.2) is 205 Å². The average molecular weight is 740 g/mol. The van der Waals surface area contributed by atoms with Crippen molar-refractivity contribution in [3.8, 4) is 28.2 Å². The van der Waals surface area contributed by atoms with Crippen molar-refractivity contribution in [1.29, 1.82) is 0 Å². The fourth-order valence-electron chi connectivity index (χ4n) is 9.82. The maximum atomic E-state index is 6.85. The van der Waals surface area contributed by atoms with E-state index < -0.39 is 0 Å². The van der Waals surface area contributed by atoms with E-state index in [9.17, 15) is 0 Å². The van der Waals surface area contributed by atoms with Crippen molar-refractivity contribution in [3.63, 3.8) is 0 Å². The number of rotatable bonds is 4. The molecule has 4 nitrogen and oxygen atoms in total. The van der Waals surface area contributed by atoms with E-state index in [4.69, 9.17) is 4.42 Å². The maximum Gasteiger partial charge on any atom is 0.159 e. The van der Waals surface area contributed by atoms with Gasteiger partial charge in [-0.25, -0.2) is 0 Å². The molecule has 0 aliphatic carbocycles. The molecular formula is C54H33N3O. The second-order valence-electron chi connectivity index (χ2n) is 15.3. The number of hydrogen-bond acceptors (Lipinski definition) is 1. The number of nitrogens with zero attached hydrogens (tertiary/aromatic N) is 3. The van der Waals surface area contributed by atoms with Crippen LogP contribution in [0.5, 0.6) is 0 Å². The summed E-state index contributed by atoms with van der Waals surface area (Å²) in [4.78, 5) is 0. The lowest BCUT2D eigenvalue weighted by atomic mass is 9.98. The van der Waals surface area contributed by atoms with Crippen LogP contribution in [0.1, 0.15) is 0 Å². The fraction of sp³-hybridized carbons (Fsp3) is 0. The predicted octanol–water partition coefficient (Wildman–Crippen LogP) is 14.5. The summed E-state index contributed by atoms with van der Waals surface area (Å²) in [7, 11) is 0. The first-order valence-electron chi connectivity index (χ1n) is 19.9. The molecule has 0 saturated heterocycles. The number of hydrogen-bond donors (Lipinski definition) is 0. The van der Waals surface area contributed by atoms with Gasteiger partial charge in [-0.3, -0.25) is 0 Å². The van der Waals surface area contributed by atoms with E-state index in [1.54, 1.807) is 0 Å². The monoisotopic (exact) mass is 739 g/mol. The van der Waals surface area contributed by atoms with Gasteiger partial charge in [-0.2, -0.15) is 0 Å². The molecule has 13 aromatic rings. The molecule has 0 bridgehead atoms. The number of fused-ring (bicyclic) bond motifs is 12. The van der Waals surface area contributed by atoms with Gasteiger partial charge in [0.2, 0.25) is 0 Å². The normalized spacial score (nSPS) is 12.1. The van der Waals surface area contributed by atoms with E-state index >= 15 is 0 Å². The zero-order valence-electron chi connectivity index (χ0n) is 31.3. The van der Waals surface area contributed by atoms with Crippen LogP contribution in [0, 0.1) is 0 Å². The third-order valence-electron chi connectivity index (χ3n) is 12.2. The summed E-state index contributed by atoms with van der Waals surface area (Å²) < 4.78 is 14.0. The van der Waals surface area contributed by atoms with Crippen LogP contribution >= 0.6 is 0 Å². The second-order valence-corrected chi connectivity index (χ2v) is 15.3. The highest BCUT2D eigenvalue weighted by molar-refractivity contribution is 6.17. The van der Waals surface area contributed by atoms with Crippen molar-refractivity contribution >= 4 is 87.4 Å². The molecule has 0 aliphatic heterocycles. The van der Waals surface area contributed by atoms with E-state index in [0.29, 0.717) is 0 Å². The lowest BCUT2D eigenvalue weighted by molar-refractivity contribution is 0.666. The SMILES string of the molecule is c1cc(-c2cccc3oc4c(-n5c6ccccc6c6ccccc65)cccc4c23)cc(-n2c3ccccc3c3cc(-n4c5ccccc5c5ccccc54)ccc32)c1. The lowest BCUT2D eigenvalue weighted by Crippen LogP contribution is -1.96. The molecule has 0 aliphatic rings. The van der Waals surface area contributed by atoms with Gasteiger partial charge in [0.25, 0.3) is 0 Å². The Hall–Kier alpha value is -7.82. The largest absolute Gasteiger partial charge is 0.454 e. The van der Waals surface area contributed by atoms with Crippen molar-refractivity contribution in [2.75, 3.05) is 0 Å². The molecule has 0 amide bonds. The maximum absolute atomic E-state index is 6.85. The molecule has 58 heavy (non-hydrogen) atoms. The highest BCUT2D eigenvalue weighted by Gasteiger charge is 2.21. The Labute approximate surface area is 332 Å². The third-order valence-corrected chi connectivity index (χ3v) is 12.2. The summed E-state index contributed by atoms with van der Waals surface area (Å²) >= 11 is 0. The molecule has 9 aromatic carbocycles. The van der Waals surface area contributed by atoms with Crippen LogP contribution in [0.2, 0.25) is 0 Å². The Bertz CT molecular complexity index is 3710. The molecule has 0 N–H and O–H groups in total. The first kappa shape index (κ1) is 31.4. The topological polar surface area (TPSA) is 27.9 Å². The van der Waals surface area contributed by atoms with E-state index in [0.717, 1.165) is 61.2 Å². The van der Waals surface area contributed by atoms with Crippen molar-refractivity contribution in [1.82, 2.24) is 13.7 Å². The van der Waals surface area contributed by atoms with Crippen LogP contribution in [-0.4, -0.2) is 13.7 Å². The standard InChI is InChI=1S/C54H33N3O/c1-6-23-45-38(16-1)39-17-2-7-24-46(39)56(45)36-30-31-50-44(33-36)42-20-5-8-25-47(42)55(50)35-15-11-14-34(32-35)37-21-13-29-52-53(37)43-22-12-28-51(54(43)58-52)57-48-26-9-3-18-40(48)41-19-4-10-27-49(41)57/h1-33H. The minimum atomic E-state index is 0.876. The van der Waals surface area contributed by atoms with Crippen LogP contribution in [0.4, 0.5) is 0 Å². The average Bonchev–Trinajstić information content (AvgIpc) is 4.03. The zero-order valence-corrected chi connectivity index (χ0v) is 31.3. The molecule has 0 atom stereocenters. The van der Waals surface area contributed by atoms with Gasteiger partial charge < -0.3 is 18.1 Å². The quantitative estimate of drug-likeness (QED) is 0.177. The van der Waals surface area contributed by atoms with E-state index in [1.807, 2.05) is 0 Å². The van der Waals surface area contributed by atoms with Crippen LogP contribution < -0.4 is 0 Å². The minimum Gasteiger partial charge on any atom is -0.454 e. The molecule has 0 saturated carbocycles. The highest BCUT2D eigenvalue weighted by atomic mass is 16.3. The molecule has 270 valence electrons. The van der Waals surface area contributed by atoms with Crippen LogP contribution in [0.3, 0.4) is 0 Å². The van der Waals surface area contributed by atoms with Gasteiger partial charge in [0.1, 0.15) is 5.58 Å². The van der Waals surface area contributed by atoms with Crippen molar-refractivity contribution in [2.45, 2.75) is 0 Å². The molecule has 0 radical (unpaired) electrons. The summed E-state index contributed by atoms with van der Waals surface area (Å²) in [6.07, 6.45) is 0. The lowest BCUT2D eigenvalue weighted by Gasteiger charge is -2.12. The van der Waals surface area contributed by atoms with Crippen molar-refractivity contribution < 1.29 is 4.42 Å². The summed E-state index contributed by atoms with van der Waals surface area (Å²) in [6.45, 7) is 0. The van der Waals surface area contributed by atoms with Crippen molar-refractivity contribution in [3.05, 3.63) is 200 Å². The fourth-order valence-corrected chi connectivity index (χ4v) is 9.82. The van der Waals surface area contributed by atoms with Crippen molar-refractivity contribution in [2.24, 2.45) is 0 Å². The van der Waals surface area contributed by atoms with Gasteiger partial charge >= 0.3 is 0 Å². The first-order chi connectivity index (χ1) is 28.8. The van der Waals surface area contributed by atoms with Gasteiger partial charge in [-0.15, -0.1) is 0 Å². The molecule has 4 aromatic heterocycles. The Kier molecular flexibility index (Phi) is 6.41. The third kappa shape index (κ3) is 4.29. The van der Waals surface area contributed by atoms with Crippen LogP contribution in [0.25, 0.3) is 116 Å². The molecule has 4 heteroatoms. The van der Waals surface area contributed by atoms with E-state index in [2.05, 4.69) is 214 Å². The number of furan rings is 1. The second kappa shape index (κ2) is 11.8. The first-order valence-corrected chi connectivity index (χ1v) is 19.9. The van der Waals surface area contributed by atoms with Gasteiger partial charge in [0.05, 0.1) is 38.8 Å². The van der Waals surface area contributed by atoms with Crippen LogP contribution in [-0.2, 0) is 0 Å². The Morgan fingerprint density at radius 3 is 1.38 bits per heavy atom. The Morgan fingerprint density at radius 2 is 0.776 bits per heavy atom. The summed E-state index contributed by atoms with van der Waals surface area (Å²) in [5.74, 6) is 0. The Morgan fingerprint density at radius 1 is 0.310 bits per heavy atom. The van der Waals surface area contributed by atoms with Gasteiger partial charge in [-0.05, 0) is 83.9 Å². The molecular weight excluding hydrogens is 707 g/mol. The number of benzene rings is 9. The smallest absolute Gasteiger partial charge is 0.159 e. The summed E-state index contributed by atoms with van der Waals surface area (Å²) in [5.41, 5.74) is 14.5. The van der Waals surface area contributed by atoms with Gasteiger partial charge in [-0.1, -0.05) is 127 Å². The van der Waals surface area contributed by atoms with Gasteiger partial charge in [0.15, 0.2) is 5.58 Å². The summed E-state index contributed by atoms with van der Waals surface area (Å²) in [5, 5.41) is 9.67. The molecule has 0 spiro atoms. The minimum absolute atomic E-state index is 0.876. The van der Waals surface area contributed by atoms with Gasteiger partial charge in [0, 0.05) is 54.5 Å². The molecule has 13 rings (SSSR count). The van der Waals surface area contributed by atoms with E-state index in [1.165, 1.54) is 54.4 Å². The van der Waals surface area contributed by atoms with E-state index in [-0.39, 0.29) is 0 Å². The molecule has 0 fully saturated rings. The summed E-state index contributed by atoms with van der Waals surface area (Å²) in [6, 6.07) is 72.4. The number of aromatic nitrogens is 3. The zero-order chi connectivity index (χ0) is 37.9. The number of para-hydroxylation sites is 6. The molecule has 0 unspecified atom stereocenters. The predicted molar refractivity (Wildman–Crippen MR) is 242 cm³/mol. The highest BCUT2D eigenvalue weighted by Crippen LogP contribution is 2.43. The Balaban J connectivity index is 0.997.